The Labute approximate surface area is 203 Å². The Kier molecular flexibility index (Phi) is 6.84. The number of halogens is 4. The quantitative estimate of drug-likeness (QED) is 0.461. The lowest BCUT2D eigenvalue weighted by Crippen LogP contribution is -2.31. The van der Waals surface area contributed by atoms with Crippen LogP contribution < -0.4 is 10.2 Å². The van der Waals surface area contributed by atoms with Gasteiger partial charge in [0.15, 0.2) is 6.61 Å². The molecule has 1 saturated carbocycles. The molecule has 1 heterocycles. The Balaban J connectivity index is 1.41. The number of fused-ring (bicyclic) bond motifs is 1. The molecule has 2 aliphatic rings. The summed E-state index contributed by atoms with van der Waals surface area (Å²) < 4.78 is 43.6. The van der Waals surface area contributed by atoms with Crippen LogP contribution in [0.15, 0.2) is 42.5 Å². The van der Waals surface area contributed by atoms with E-state index < -0.39 is 30.2 Å². The number of carbonyl (C=O) groups excluding carboxylic acids is 4. The number of hydrogen-bond donors (Lipinski definition) is 1. The van der Waals surface area contributed by atoms with Crippen LogP contribution in [0.4, 0.5) is 24.5 Å². The van der Waals surface area contributed by atoms with Gasteiger partial charge in [0.2, 0.25) is 11.8 Å². The van der Waals surface area contributed by atoms with Gasteiger partial charge in [0.05, 0.1) is 39.4 Å². The van der Waals surface area contributed by atoms with Crippen LogP contribution in [-0.4, -0.2) is 30.3 Å². The van der Waals surface area contributed by atoms with E-state index in [9.17, 15) is 32.3 Å². The van der Waals surface area contributed by atoms with E-state index in [4.69, 9.17) is 16.3 Å². The first kappa shape index (κ1) is 24.7. The predicted octanol–water partition coefficient (Wildman–Crippen LogP) is 4.83. The van der Waals surface area contributed by atoms with Crippen LogP contribution >= 0.6 is 11.6 Å². The van der Waals surface area contributed by atoms with Crippen LogP contribution in [0.1, 0.15) is 41.6 Å². The molecule has 2 atom stereocenters. The first-order valence-electron chi connectivity index (χ1n) is 10.9. The van der Waals surface area contributed by atoms with Gasteiger partial charge in [0.25, 0.3) is 5.91 Å². The minimum Gasteiger partial charge on any atom is -0.452 e. The average molecular weight is 509 g/mol. The van der Waals surface area contributed by atoms with E-state index in [-0.39, 0.29) is 45.6 Å². The van der Waals surface area contributed by atoms with Gasteiger partial charge in [-0.2, -0.15) is 13.2 Å². The number of ether oxygens (including phenoxy) is 1. The predicted molar refractivity (Wildman–Crippen MR) is 120 cm³/mol. The van der Waals surface area contributed by atoms with E-state index in [1.54, 1.807) is 0 Å². The topological polar surface area (TPSA) is 92.8 Å². The van der Waals surface area contributed by atoms with Crippen molar-refractivity contribution in [3.8, 4) is 0 Å². The van der Waals surface area contributed by atoms with Crippen molar-refractivity contribution < 1.29 is 37.1 Å². The van der Waals surface area contributed by atoms with E-state index in [0.29, 0.717) is 18.9 Å². The summed E-state index contributed by atoms with van der Waals surface area (Å²) in [4.78, 5) is 51.3. The van der Waals surface area contributed by atoms with Crippen molar-refractivity contribution in [1.29, 1.82) is 0 Å². The van der Waals surface area contributed by atoms with E-state index in [0.717, 1.165) is 29.9 Å². The fourth-order valence-corrected chi connectivity index (χ4v) is 4.55. The summed E-state index contributed by atoms with van der Waals surface area (Å²) in [5, 5.41) is 2.06. The number of carbonyl (C=O) groups is 4. The van der Waals surface area contributed by atoms with Crippen LogP contribution in [0.5, 0.6) is 0 Å². The second kappa shape index (κ2) is 9.69. The van der Waals surface area contributed by atoms with Gasteiger partial charge < -0.3 is 10.1 Å². The first-order valence-corrected chi connectivity index (χ1v) is 11.3. The van der Waals surface area contributed by atoms with Crippen molar-refractivity contribution in [2.45, 2.75) is 31.9 Å². The molecule has 3 amide bonds. The molecule has 0 radical (unpaired) electrons. The van der Waals surface area contributed by atoms with Crippen molar-refractivity contribution in [2.24, 2.45) is 11.8 Å². The maximum Gasteiger partial charge on any atom is 0.416 e. The first-order chi connectivity index (χ1) is 16.6. The van der Waals surface area contributed by atoms with Gasteiger partial charge in [0, 0.05) is 0 Å². The highest BCUT2D eigenvalue weighted by atomic mass is 35.5. The molecule has 7 nitrogen and oxygen atoms in total. The molecule has 1 saturated heterocycles. The molecule has 1 aliphatic carbocycles. The highest BCUT2D eigenvalue weighted by Crippen LogP contribution is 2.40. The number of hydrogen-bond acceptors (Lipinski definition) is 5. The highest BCUT2D eigenvalue weighted by molar-refractivity contribution is 6.33. The number of imide groups is 1. The number of amides is 3. The summed E-state index contributed by atoms with van der Waals surface area (Å²) in [6.07, 6.45) is -1.56. The van der Waals surface area contributed by atoms with E-state index in [1.165, 1.54) is 24.3 Å². The van der Waals surface area contributed by atoms with Crippen molar-refractivity contribution in [1.82, 2.24) is 0 Å². The maximum atomic E-state index is 12.9. The third kappa shape index (κ3) is 5.17. The number of alkyl halides is 3. The summed E-state index contributed by atoms with van der Waals surface area (Å²) in [5.41, 5.74) is -1.04. The molecule has 0 aromatic heterocycles. The smallest absolute Gasteiger partial charge is 0.416 e. The zero-order valence-corrected chi connectivity index (χ0v) is 19.0. The molecular weight excluding hydrogens is 489 g/mol. The molecule has 0 unspecified atom stereocenters. The summed E-state index contributed by atoms with van der Waals surface area (Å²) in [7, 11) is 0. The number of esters is 1. The molecular formula is C24H20ClF3N2O5. The van der Waals surface area contributed by atoms with E-state index in [2.05, 4.69) is 5.32 Å². The second-order valence-electron chi connectivity index (χ2n) is 8.38. The van der Waals surface area contributed by atoms with Gasteiger partial charge in [-0.15, -0.1) is 0 Å². The lowest BCUT2D eigenvalue weighted by molar-refractivity contribution is -0.137. The Bertz CT molecular complexity index is 1180. The molecule has 4 rings (SSSR count). The van der Waals surface area contributed by atoms with Crippen LogP contribution in [0, 0.1) is 11.8 Å². The van der Waals surface area contributed by atoms with Crippen LogP contribution in [0.25, 0.3) is 0 Å². The maximum absolute atomic E-state index is 12.9. The Morgan fingerprint density at radius 1 is 1.03 bits per heavy atom. The van der Waals surface area contributed by atoms with Gasteiger partial charge in [-0.3, -0.25) is 19.3 Å². The molecule has 1 N–H and O–H groups in total. The van der Waals surface area contributed by atoms with Gasteiger partial charge in [-0.1, -0.05) is 30.5 Å². The molecule has 2 aromatic rings. The summed E-state index contributed by atoms with van der Waals surface area (Å²) in [5.74, 6) is -3.08. The Morgan fingerprint density at radius 3 is 2.31 bits per heavy atom. The van der Waals surface area contributed by atoms with Crippen LogP contribution in [-0.2, 0) is 25.3 Å². The zero-order chi connectivity index (χ0) is 25.3. The number of nitrogens with zero attached hydrogens (tertiary/aromatic N) is 1. The van der Waals surface area contributed by atoms with Gasteiger partial charge >= 0.3 is 12.1 Å². The molecule has 0 spiro atoms. The molecule has 2 fully saturated rings. The standard InChI is InChI=1S/C24H20ClF3N2O5/c25-18-9-8-14(24(26,27)28)11-19(18)29-20(31)12-35-23(34)13-4-3-5-15(10-13)30-21(32)16-6-1-2-7-17(16)22(30)33/h3-5,8-11,16-17H,1-2,6-7,12H2,(H,29,31)/t16-,17-/m0/s1. The number of nitrogens with one attached hydrogen (secondary N) is 1. The van der Waals surface area contributed by atoms with Crippen LogP contribution in [0.2, 0.25) is 5.02 Å². The molecule has 184 valence electrons. The van der Waals surface area contributed by atoms with Crippen molar-refractivity contribution in [2.75, 3.05) is 16.8 Å². The van der Waals surface area contributed by atoms with Crippen molar-refractivity contribution in [3.63, 3.8) is 0 Å². The minimum absolute atomic E-state index is 0.00266. The SMILES string of the molecule is O=C(COC(=O)c1cccc(N2C(=O)[C@H]3CCCC[C@@H]3C2=O)c1)Nc1cc(C(F)(F)F)ccc1Cl. The van der Waals surface area contributed by atoms with Gasteiger partial charge in [-0.05, 0) is 49.2 Å². The fraction of sp³-hybridized carbons (Fsp3) is 0.333. The number of rotatable bonds is 5. The monoisotopic (exact) mass is 508 g/mol. The summed E-state index contributed by atoms with van der Waals surface area (Å²) in [6.45, 7) is -0.790. The summed E-state index contributed by atoms with van der Waals surface area (Å²) >= 11 is 5.85. The molecule has 11 heteroatoms. The largest absolute Gasteiger partial charge is 0.452 e. The highest BCUT2D eigenvalue weighted by Gasteiger charge is 2.48. The summed E-state index contributed by atoms with van der Waals surface area (Å²) in [6, 6.07) is 8.18. The van der Waals surface area contributed by atoms with Crippen molar-refractivity contribution in [3.05, 3.63) is 58.6 Å². The van der Waals surface area contributed by atoms with E-state index in [1.807, 2.05) is 0 Å². The molecule has 2 aromatic carbocycles. The Hall–Kier alpha value is -3.40. The third-order valence-electron chi connectivity index (χ3n) is 6.08. The average Bonchev–Trinajstić information content (AvgIpc) is 3.08. The normalized spacial score (nSPS) is 19.9. The van der Waals surface area contributed by atoms with E-state index >= 15 is 0 Å². The third-order valence-corrected chi connectivity index (χ3v) is 6.41. The second-order valence-corrected chi connectivity index (χ2v) is 8.78. The minimum atomic E-state index is -4.63. The van der Waals surface area contributed by atoms with Gasteiger partial charge in [-0.25, -0.2) is 4.79 Å². The Morgan fingerprint density at radius 2 is 1.69 bits per heavy atom. The van der Waals surface area contributed by atoms with Gasteiger partial charge in [0.1, 0.15) is 0 Å². The number of benzene rings is 2. The fourth-order valence-electron chi connectivity index (χ4n) is 4.39. The number of anilines is 2. The molecule has 1 aliphatic heterocycles. The molecule has 0 bridgehead atoms. The zero-order valence-electron chi connectivity index (χ0n) is 18.2. The lowest BCUT2D eigenvalue weighted by atomic mass is 9.81. The molecule has 35 heavy (non-hydrogen) atoms. The lowest BCUT2D eigenvalue weighted by Gasteiger charge is -2.19. The van der Waals surface area contributed by atoms with Crippen LogP contribution in [0.3, 0.4) is 0 Å². The van der Waals surface area contributed by atoms with Crippen molar-refractivity contribution >= 4 is 46.7 Å².